The van der Waals surface area contributed by atoms with Crippen LogP contribution in [0.5, 0.6) is 11.5 Å². The van der Waals surface area contributed by atoms with E-state index in [9.17, 15) is 0 Å². The van der Waals surface area contributed by atoms with Crippen molar-refractivity contribution in [1.82, 2.24) is 0 Å². The molecule has 0 saturated carbocycles. The van der Waals surface area contributed by atoms with Gasteiger partial charge in [-0.15, -0.1) is 0 Å². The van der Waals surface area contributed by atoms with Crippen LogP contribution in [0.25, 0.3) is 6.08 Å². The summed E-state index contributed by atoms with van der Waals surface area (Å²) in [6.07, 6.45) is 4.97. The number of nitrogens with two attached hydrogens (primary N) is 1. The fourth-order valence-corrected chi connectivity index (χ4v) is 2.12. The first kappa shape index (κ1) is 11.5. The van der Waals surface area contributed by atoms with Crippen LogP contribution in [0.1, 0.15) is 12.0 Å². The van der Waals surface area contributed by atoms with Crippen molar-refractivity contribution in [2.24, 2.45) is 5.73 Å². The van der Waals surface area contributed by atoms with Gasteiger partial charge in [0.1, 0.15) is 13.2 Å². The first-order chi connectivity index (χ1) is 7.81. The number of benzene rings is 1. The molecule has 0 spiro atoms. The first-order valence-electron chi connectivity index (χ1n) is 5.27. The Bertz CT molecular complexity index is 404. The van der Waals surface area contributed by atoms with Gasteiger partial charge in [-0.25, -0.2) is 0 Å². The van der Waals surface area contributed by atoms with E-state index in [4.69, 9.17) is 15.2 Å². The van der Waals surface area contributed by atoms with Gasteiger partial charge in [-0.3, -0.25) is 0 Å². The zero-order valence-electron chi connectivity index (χ0n) is 8.91. The molecule has 1 heterocycles. The molecule has 0 amide bonds. The molecule has 0 radical (unpaired) electrons. The summed E-state index contributed by atoms with van der Waals surface area (Å²) >= 11 is 3.48. The number of hydrogen-bond acceptors (Lipinski definition) is 3. The van der Waals surface area contributed by atoms with Crippen molar-refractivity contribution in [3.05, 3.63) is 28.2 Å². The summed E-state index contributed by atoms with van der Waals surface area (Å²) in [5, 5.41) is 0. The van der Waals surface area contributed by atoms with Gasteiger partial charge in [-0.2, -0.15) is 0 Å². The Balaban J connectivity index is 2.25. The lowest BCUT2D eigenvalue weighted by Gasteiger charge is -2.19. The molecule has 16 heavy (non-hydrogen) atoms. The molecule has 0 bridgehead atoms. The Labute approximate surface area is 103 Å². The summed E-state index contributed by atoms with van der Waals surface area (Å²) in [6.45, 7) is 1.88. The highest BCUT2D eigenvalue weighted by atomic mass is 79.9. The number of halogens is 1. The van der Waals surface area contributed by atoms with Crippen molar-refractivity contribution in [3.8, 4) is 11.5 Å². The summed E-state index contributed by atoms with van der Waals surface area (Å²) < 4.78 is 12.0. The highest BCUT2D eigenvalue weighted by Crippen LogP contribution is 2.38. The summed E-state index contributed by atoms with van der Waals surface area (Å²) in [4.78, 5) is 0. The van der Waals surface area contributed by atoms with E-state index in [1.54, 1.807) is 0 Å². The normalized spacial score (nSPS) is 14.4. The minimum atomic E-state index is 0.605. The lowest BCUT2D eigenvalue weighted by atomic mass is 10.1. The maximum Gasteiger partial charge on any atom is 0.175 e. The molecule has 2 rings (SSSR count). The van der Waals surface area contributed by atoms with Gasteiger partial charge in [0.2, 0.25) is 0 Å². The van der Waals surface area contributed by atoms with E-state index in [-0.39, 0.29) is 0 Å². The fourth-order valence-electron chi connectivity index (χ4n) is 1.54. The number of hydrogen-bond donors (Lipinski definition) is 1. The first-order valence-corrected chi connectivity index (χ1v) is 6.06. The van der Waals surface area contributed by atoms with Crippen molar-refractivity contribution in [2.75, 3.05) is 19.8 Å². The average molecular weight is 284 g/mol. The third kappa shape index (κ3) is 2.57. The molecule has 0 unspecified atom stereocenters. The number of rotatable bonds is 3. The van der Waals surface area contributed by atoms with Crippen molar-refractivity contribution in [1.29, 1.82) is 0 Å². The molecule has 0 atom stereocenters. The van der Waals surface area contributed by atoms with Crippen molar-refractivity contribution in [3.63, 3.8) is 0 Å². The topological polar surface area (TPSA) is 44.5 Å². The predicted octanol–water partition coefficient (Wildman–Crippen LogP) is 2.58. The second kappa shape index (κ2) is 5.37. The van der Waals surface area contributed by atoms with Crippen LogP contribution in [-0.4, -0.2) is 19.8 Å². The zero-order valence-corrected chi connectivity index (χ0v) is 10.5. The summed E-state index contributed by atoms with van der Waals surface area (Å²) in [7, 11) is 0. The van der Waals surface area contributed by atoms with E-state index in [1.165, 1.54) is 0 Å². The predicted molar refractivity (Wildman–Crippen MR) is 67.8 cm³/mol. The van der Waals surface area contributed by atoms with Crippen molar-refractivity contribution >= 4 is 22.0 Å². The third-order valence-corrected chi connectivity index (χ3v) is 2.85. The Morgan fingerprint density at radius 1 is 1.31 bits per heavy atom. The van der Waals surface area contributed by atoms with E-state index < -0.39 is 0 Å². The molecular formula is C12H14BrNO2. The molecule has 3 nitrogen and oxygen atoms in total. The van der Waals surface area contributed by atoms with Gasteiger partial charge in [-0.1, -0.05) is 12.2 Å². The van der Waals surface area contributed by atoms with Crippen LogP contribution in [0.4, 0.5) is 0 Å². The van der Waals surface area contributed by atoms with Gasteiger partial charge < -0.3 is 15.2 Å². The summed E-state index contributed by atoms with van der Waals surface area (Å²) in [6, 6.07) is 3.99. The molecule has 0 fully saturated rings. The van der Waals surface area contributed by atoms with Crippen molar-refractivity contribution < 1.29 is 9.47 Å². The average Bonchev–Trinajstić information content (AvgIpc) is 2.30. The highest BCUT2D eigenvalue weighted by molar-refractivity contribution is 9.10. The molecule has 4 heteroatoms. The SMILES string of the molecule is NCCC=Cc1cc(Br)c2c(c1)OCCO2. The van der Waals surface area contributed by atoms with Gasteiger partial charge in [0.05, 0.1) is 4.47 Å². The van der Waals surface area contributed by atoms with Crippen LogP contribution in [0, 0.1) is 0 Å². The third-order valence-electron chi connectivity index (χ3n) is 2.26. The maximum atomic E-state index is 5.54. The lowest BCUT2D eigenvalue weighted by molar-refractivity contribution is 0.170. The highest BCUT2D eigenvalue weighted by Gasteiger charge is 2.15. The Morgan fingerprint density at radius 3 is 2.94 bits per heavy atom. The zero-order chi connectivity index (χ0) is 11.4. The van der Waals surface area contributed by atoms with E-state index >= 15 is 0 Å². The van der Waals surface area contributed by atoms with Gasteiger partial charge in [0.15, 0.2) is 11.5 Å². The lowest BCUT2D eigenvalue weighted by Crippen LogP contribution is -2.15. The maximum absolute atomic E-state index is 5.54. The monoisotopic (exact) mass is 283 g/mol. The number of ether oxygens (including phenoxy) is 2. The molecule has 1 aliphatic rings. The van der Waals surface area contributed by atoms with Crippen LogP contribution in [0.3, 0.4) is 0 Å². The Kier molecular flexibility index (Phi) is 3.85. The Morgan fingerprint density at radius 2 is 2.12 bits per heavy atom. The van der Waals surface area contributed by atoms with Gasteiger partial charge >= 0.3 is 0 Å². The van der Waals surface area contributed by atoms with Crippen LogP contribution in [0.15, 0.2) is 22.7 Å². The van der Waals surface area contributed by atoms with E-state index in [0.717, 1.165) is 28.0 Å². The van der Waals surface area contributed by atoms with Crippen LogP contribution < -0.4 is 15.2 Å². The fraction of sp³-hybridized carbons (Fsp3) is 0.333. The molecule has 1 aliphatic heterocycles. The van der Waals surface area contributed by atoms with Gasteiger partial charge in [0.25, 0.3) is 0 Å². The van der Waals surface area contributed by atoms with Crippen molar-refractivity contribution in [2.45, 2.75) is 6.42 Å². The van der Waals surface area contributed by atoms with E-state index in [2.05, 4.69) is 22.0 Å². The Hall–Kier alpha value is -1.00. The van der Waals surface area contributed by atoms with Gasteiger partial charge in [0, 0.05) is 0 Å². The molecule has 1 aromatic rings. The molecule has 0 aromatic heterocycles. The molecule has 2 N–H and O–H groups in total. The minimum Gasteiger partial charge on any atom is -0.486 e. The quantitative estimate of drug-likeness (QED) is 0.927. The van der Waals surface area contributed by atoms with E-state index in [1.807, 2.05) is 18.2 Å². The second-order valence-corrected chi connectivity index (χ2v) is 4.36. The number of fused-ring (bicyclic) bond motifs is 1. The van der Waals surface area contributed by atoms with Gasteiger partial charge in [-0.05, 0) is 46.6 Å². The molecule has 86 valence electrons. The minimum absolute atomic E-state index is 0.605. The summed E-state index contributed by atoms with van der Waals surface area (Å²) in [5.41, 5.74) is 6.52. The summed E-state index contributed by atoms with van der Waals surface area (Å²) in [5.74, 6) is 1.59. The molecule has 1 aromatic carbocycles. The van der Waals surface area contributed by atoms with Crippen LogP contribution in [0.2, 0.25) is 0 Å². The largest absolute Gasteiger partial charge is 0.486 e. The van der Waals surface area contributed by atoms with Crippen LogP contribution in [-0.2, 0) is 0 Å². The van der Waals surface area contributed by atoms with Crippen LogP contribution >= 0.6 is 15.9 Å². The molecular weight excluding hydrogens is 270 g/mol. The molecule has 0 saturated heterocycles. The standard InChI is InChI=1S/C12H14BrNO2/c13-10-7-9(3-1-2-4-14)8-11-12(10)16-6-5-15-11/h1,3,7-8H,2,4-6,14H2. The second-order valence-electron chi connectivity index (χ2n) is 3.51. The molecule has 0 aliphatic carbocycles. The smallest absolute Gasteiger partial charge is 0.175 e. The van der Waals surface area contributed by atoms with E-state index in [0.29, 0.717) is 19.8 Å².